The van der Waals surface area contributed by atoms with Crippen molar-refractivity contribution >= 4 is 16.7 Å². The molecule has 2 aromatic heterocycles. The zero-order valence-corrected chi connectivity index (χ0v) is 15.3. The van der Waals surface area contributed by atoms with Crippen LogP contribution in [-0.4, -0.2) is 45.4 Å². The minimum atomic E-state index is -0.00957. The monoisotopic (exact) mass is 362 g/mol. The van der Waals surface area contributed by atoms with E-state index in [4.69, 9.17) is 4.74 Å². The smallest absolute Gasteiger partial charge is 0.133 e. The molecule has 0 unspecified atom stereocenters. The van der Waals surface area contributed by atoms with E-state index in [1.165, 1.54) is 0 Å². The van der Waals surface area contributed by atoms with Crippen LogP contribution >= 0.6 is 0 Å². The molecule has 1 aliphatic carbocycles. The molecule has 5 rings (SSSR count). The number of anilines is 1. The second-order valence-corrected chi connectivity index (χ2v) is 7.54. The largest absolute Gasteiger partial charge is 0.488 e. The van der Waals surface area contributed by atoms with Crippen LogP contribution in [0.5, 0.6) is 5.75 Å². The first-order valence-electron chi connectivity index (χ1n) is 9.26. The number of ether oxygens (including phenoxy) is 1. The summed E-state index contributed by atoms with van der Waals surface area (Å²) in [5.41, 5.74) is 3.57. The maximum atomic E-state index is 6.11. The van der Waals surface area contributed by atoms with E-state index in [-0.39, 0.29) is 5.60 Å². The van der Waals surface area contributed by atoms with Gasteiger partial charge in [0.25, 0.3) is 0 Å². The van der Waals surface area contributed by atoms with Crippen LogP contribution in [0.1, 0.15) is 19.8 Å². The van der Waals surface area contributed by atoms with Gasteiger partial charge in [-0.2, -0.15) is 5.10 Å². The maximum absolute atomic E-state index is 6.11. The van der Waals surface area contributed by atoms with E-state index in [1.54, 1.807) is 6.33 Å². The molecule has 0 bridgehead atoms. The highest BCUT2D eigenvalue weighted by Crippen LogP contribution is 2.40. The van der Waals surface area contributed by atoms with Gasteiger partial charge in [0.1, 0.15) is 29.2 Å². The Balaban J connectivity index is 1.50. The summed E-state index contributed by atoms with van der Waals surface area (Å²) in [5.74, 6) is 1.76. The van der Waals surface area contributed by atoms with Gasteiger partial charge in [0.2, 0.25) is 0 Å². The summed E-state index contributed by atoms with van der Waals surface area (Å²) in [6.07, 6.45) is 3.81. The SMILES string of the molecule is C=C1CN(c2cc(-c3n[nH]c4ccc(OC5(C)CC5)cc34)ncn2)CCN1. The van der Waals surface area contributed by atoms with Gasteiger partial charge in [0.05, 0.1) is 17.8 Å². The van der Waals surface area contributed by atoms with Crippen LogP contribution < -0.4 is 15.0 Å². The molecule has 2 aliphatic rings. The number of aromatic nitrogens is 4. The van der Waals surface area contributed by atoms with Crippen LogP contribution in [-0.2, 0) is 0 Å². The quantitative estimate of drug-likeness (QED) is 0.743. The molecule has 3 aromatic rings. The molecule has 7 nitrogen and oxygen atoms in total. The van der Waals surface area contributed by atoms with E-state index in [9.17, 15) is 0 Å². The minimum absolute atomic E-state index is 0.00957. The number of H-pyrrole nitrogens is 1. The Morgan fingerprint density at radius 1 is 1.22 bits per heavy atom. The molecule has 27 heavy (non-hydrogen) atoms. The molecule has 1 aromatic carbocycles. The minimum Gasteiger partial charge on any atom is -0.488 e. The van der Waals surface area contributed by atoms with Crippen molar-refractivity contribution in [1.29, 1.82) is 0 Å². The van der Waals surface area contributed by atoms with Crippen molar-refractivity contribution in [2.24, 2.45) is 0 Å². The predicted molar refractivity (Wildman–Crippen MR) is 105 cm³/mol. The van der Waals surface area contributed by atoms with Crippen molar-refractivity contribution < 1.29 is 4.74 Å². The van der Waals surface area contributed by atoms with Crippen LogP contribution in [0.4, 0.5) is 5.82 Å². The van der Waals surface area contributed by atoms with Crippen molar-refractivity contribution in [3.05, 3.63) is 42.9 Å². The molecule has 138 valence electrons. The Labute approximate surface area is 157 Å². The van der Waals surface area contributed by atoms with Crippen LogP contribution in [0.2, 0.25) is 0 Å². The fraction of sp³-hybridized carbons (Fsp3) is 0.350. The average molecular weight is 362 g/mol. The van der Waals surface area contributed by atoms with Gasteiger partial charge in [-0.3, -0.25) is 5.10 Å². The van der Waals surface area contributed by atoms with Crippen LogP contribution in [0.15, 0.2) is 42.9 Å². The fourth-order valence-electron chi connectivity index (χ4n) is 3.39. The van der Waals surface area contributed by atoms with Crippen LogP contribution in [0.25, 0.3) is 22.3 Å². The molecule has 0 spiro atoms. The normalized spacial score (nSPS) is 18.4. The van der Waals surface area contributed by atoms with Crippen molar-refractivity contribution in [2.45, 2.75) is 25.4 Å². The number of rotatable bonds is 4. The molecule has 7 heteroatoms. The molecule has 1 saturated carbocycles. The number of fused-ring (bicyclic) bond motifs is 1. The lowest BCUT2D eigenvalue weighted by molar-refractivity contribution is 0.200. The van der Waals surface area contributed by atoms with Gasteiger partial charge in [-0.1, -0.05) is 6.58 Å². The Hall–Kier alpha value is -3.09. The molecule has 0 amide bonds. The van der Waals surface area contributed by atoms with Gasteiger partial charge in [-0.25, -0.2) is 9.97 Å². The van der Waals surface area contributed by atoms with E-state index < -0.39 is 0 Å². The molecule has 1 aliphatic heterocycles. The van der Waals surface area contributed by atoms with E-state index in [0.29, 0.717) is 0 Å². The van der Waals surface area contributed by atoms with Crippen molar-refractivity contribution in [3.8, 4) is 17.1 Å². The maximum Gasteiger partial charge on any atom is 0.133 e. The average Bonchev–Trinajstić information content (AvgIpc) is 3.25. The fourth-order valence-corrected chi connectivity index (χ4v) is 3.39. The summed E-state index contributed by atoms with van der Waals surface area (Å²) in [6.45, 7) is 8.65. The molecule has 2 N–H and O–H groups in total. The van der Waals surface area contributed by atoms with Crippen molar-refractivity contribution in [1.82, 2.24) is 25.5 Å². The zero-order chi connectivity index (χ0) is 18.4. The van der Waals surface area contributed by atoms with Crippen LogP contribution in [0.3, 0.4) is 0 Å². The third-order valence-corrected chi connectivity index (χ3v) is 5.21. The Bertz CT molecular complexity index is 1020. The van der Waals surface area contributed by atoms with Crippen molar-refractivity contribution in [3.63, 3.8) is 0 Å². The summed E-state index contributed by atoms with van der Waals surface area (Å²) in [5, 5.41) is 11.9. The molecule has 1 saturated heterocycles. The van der Waals surface area contributed by atoms with E-state index >= 15 is 0 Å². The lowest BCUT2D eigenvalue weighted by atomic mass is 10.1. The molecule has 3 heterocycles. The van der Waals surface area contributed by atoms with E-state index in [1.807, 2.05) is 24.3 Å². The van der Waals surface area contributed by atoms with Crippen LogP contribution in [0, 0.1) is 0 Å². The summed E-state index contributed by atoms with van der Waals surface area (Å²) >= 11 is 0. The Morgan fingerprint density at radius 3 is 2.93 bits per heavy atom. The zero-order valence-electron chi connectivity index (χ0n) is 15.3. The molecule has 0 radical (unpaired) electrons. The number of hydrogen-bond donors (Lipinski definition) is 2. The lowest BCUT2D eigenvalue weighted by Crippen LogP contribution is -2.42. The summed E-state index contributed by atoms with van der Waals surface area (Å²) < 4.78 is 6.11. The topological polar surface area (TPSA) is 79.0 Å². The number of nitrogens with one attached hydrogen (secondary N) is 2. The third-order valence-electron chi connectivity index (χ3n) is 5.21. The van der Waals surface area contributed by atoms with Gasteiger partial charge in [-0.05, 0) is 38.0 Å². The van der Waals surface area contributed by atoms with E-state index in [0.717, 1.165) is 72.0 Å². The lowest BCUT2D eigenvalue weighted by Gasteiger charge is -2.30. The number of aromatic amines is 1. The first-order chi connectivity index (χ1) is 13.1. The highest BCUT2D eigenvalue weighted by molar-refractivity contribution is 5.93. The Kier molecular flexibility index (Phi) is 3.56. The highest BCUT2D eigenvalue weighted by atomic mass is 16.5. The van der Waals surface area contributed by atoms with E-state index in [2.05, 4.69) is 43.9 Å². The number of piperazine rings is 1. The summed E-state index contributed by atoms with van der Waals surface area (Å²) in [4.78, 5) is 11.1. The third kappa shape index (κ3) is 3.09. The standard InChI is InChI=1S/C20H22N6O/c1-13-11-26(8-7-21-13)18-10-17(22-12-23-18)19-15-9-14(27-20(2)5-6-20)3-4-16(15)24-25-19/h3-4,9-10,12,21H,1,5-8,11H2,2H3,(H,24,25). The Morgan fingerprint density at radius 2 is 2.11 bits per heavy atom. The van der Waals surface area contributed by atoms with Gasteiger partial charge >= 0.3 is 0 Å². The number of benzene rings is 1. The summed E-state index contributed by atoms with van der Waals surface area (Å²) in [6, 6.07) is 8.04. The predicted octanol–water partition coefficient (Wildman–Crippen LogP) is 2.87. The first kappa shape index (κ1) is 16.1. The van der Waals surface area contributed by atoms with Gasteiger partial charge in [0.15, 0.2) is 0 Å². The highest BCUT2D eigenvalue weighted by Gasteiger charge is 2.40. The van der Waals surface area contributed by atoms with Gasteiger partial charge in [0, 0.05) is 30.2 Å². The molecule has 0 atom stereocenters. The van der Waals surface area contributed by atoms with Gasteiger partial charge < -0.3 is 15.0 Å². The summed E-state index contributed by atoms with van der Waals surface area (Å²) in [7, 11) is 0. The second kappa shape index (κ2) is 5.97. The molecule has 2 fully saturated rings. The first-order valence-corrected chi connectivity index (χ1v) is 9.26. The molecular formula is C20H22N6O. The van der Waals surface area contributed by atoms with Crippen molar-refractivity contribution in [2.75, 3.05) is 24.5 Å². The number of hydrogen-bond acceptors (Lipinski definition) is 6. The second-order valence-electron chi connectivity index (χ2n) is 7.54. The number of nitrogens with zero attached hydrogens (tertiary/aromatic N) is 4. The molecular weight excluding hydrogens is 340 g/mol. The van der Waals surface area contributed by atoms with Gasteiger partial charge in [-0.15, -0.1) is 0 Å².